The van der Waals surface area contributed by atoms with Crippen LogP contribution in [0.5, 0.6) is 11.6 Å². The number of nitro groups is 1. The number of carbonyl (C=O) groups is 1. The van der Waals surface area contributed by atoms with E-state index in [0.717, 1.165) is 41.3 Å². The SMILES string of the molecule is CCOC(=O)CCCCCOc1ccc2cc(-c3nc(OCc4ccccc4F)cc(-c4ccc([N+](=O)[O-])cc4)n3)ccc2c1. The van der Waals surface area contributed by atoms with Crippen LogP contribution in [-0.4, -0.2) is 34.1 Å². The van der Waals surface area contributed by atoms with Crippen molar-refractivity contribution in [2.45, 2.75) is 39.2 Å². The van der Waals surface area contributed by atoms with Crippen molar-refractivity contribution in [1.29, 1.82) is 0 Å². The second kappa shape index (κ2) is 14.9. The van der Waals surface area contributed by atoms with Gasteiger partial charge in [0.1, 0.15) is 18.2 Å². The molecule has 45 heavy (non-hydrogen) atoms. The van der Waals surface area contributed by atoms with E-state index >= 15 is 0 Å². The first-order valence-electron chi connectivity index (χ1n) is 14.7. The minimum atomic E-state index is -0.460. The number of halogens is 1. The van der Waals surface area contributed by atoms with Crippen molar-refractivity contribution in [3.05, 3.63) is 112 Å². The Bertz CT molecular complexity index is 1800. The maximum atomic E-state index is 14.2. The van der Waals surface area contributed by atoms with Crippen molar-refractivity contribution in [1.82, 2.24) is 9.97 Å². The van der Waals surface area contributed by atoms with Gasteiger partial charge in [-0.15, -0.1) is 0 Å². The fourth-order valence-electron chi connectivity index (χ4n) is 4.72. The summed E-state index contributed by atoms with van der Waals surface area (Å²) in [6, 6.07) is 25.7. The molecule has 0 aliphatic carbocycles. The van der Waals surface area contributed by atoms with Crippen LogP contribution in [0.4, 0.5) is 10.1 Å². The number of non-ortho nitro benzene ring substituents is 1. The van der Waals surface area contributed by atoms with Gasteiger partial charge in [0.15, 0.2) is 5.82 Å². The molecule has 10 heteroatoms. The van der Waals surface area contributed by atoms with Crippen molar-refractivity contribution < 1.29 is 28.3 Å². The summed E-state index contributed by atoms with van der Waals surface area (Å²) in [5.41, 5.74) is 2.23. The van der Waals surface area contributed by atoms with Crippen LogP contribution in [0.15, 0.2) is 91.0 Å². The molecule has 0 aliphatic rings. The summed E-state index contributed by atoms with van der Waals surface area (Å²) in [5.74, 6) is 0.833. The molecule has 0 fully saturated rings. The molecule has 0 atom stereocenters. The number of aromatic nitrogens is 2. The number of fused-ring (bicyclic) bond motifs is 1. The molecule has 0 bridgehead atoms. The van der Waals surface area contributed by atoms with Crippen molar-refractivity contribution in [3.63, 3.8) is 0 Å². The van der Waals surface area contributed by atoms with Crippen molar-refractivity contribution in [3.8, 4) is 34.3 Å². The Labute approximate surface area is 259 Å². The van der Waals surface area contributed by atoms with Gasteiger partial charge in [0, 0.05) is 41.3 Å². The fourth-order valence-corrected chi connectivity index (χ4v) is 4.72. The van der Waals surface area contributed by atoms with Gasteiger partial charge in [-0.2, -0.15) is 4.98 Å². The average Bonchev–Trinajstić information content (AvgIpc) is 3.05. The summed E-state index contributed by atoms with van der Waals surface area (Å²) in [6.07, 6.45) is 2.90. The van der Waals surface area contributed by atoms with E-state index in [4.69, 9.17) is 19.2 Å². The van der Waals surface area contributed by atoms with Crippen LogP contribution in [0.25, 0.3) is 33.4 Å². The van der Waals surface area contributed by atoms with Gasteiger partial charge in [-0.25, -0.2) is 9.37 Å². The summed E-state index contributed by atoms with van der Waals surface area (Å²) in [4.78, 5) is 31.5. The van der Waals surface area contributed by atoms with Crippen molar-refractivity contribution in [2.24, 2.45) is 0 Å². The second-order valence-electron chi connectivity index (χ2n) is 10.3. The molecule has 1 aromatic heterocycles. The number of rotatable bonds is 14. The zero-order valence-corrected chi connectivity index (χ0v) is 24.8. The summed E-state index contributed by atoms with van der Waals surface area (Å²) < 4.78 is 31.0. The highest BCUT2D eigenvalue weighted by Gasteiger charge is 2.13. The van der Waals surface area contributed by atoms with Crippen LogP contribution in [0.1, 0.15) is 38.2 Å². The summed E-state index contributed by atoms with van der Waals surface area (Å²) in [5, 5.41) is 13.1. The van der Waals surface area contributed by atoms with Crippen LogP contribution in [-0.2, 0) is 16.1 Å². The van der Waals surface area contributed by atoms with Crippen LogP contribution in [0, 0.1) is 15.9 Å². The molecule has 4 aromatic carbocycles. The predicted octanol–water partition coefficient (Wildman–Crippen LogP) is 8.09. The summed E-state index contributed by atoms with van der Waals surface area (Å²) >= 11 is 0. The lowest BCUT2D eigenvalue weighted by atomic mass is 10.1. The molecule has 0 radical (unpaired) electrons. The smallest absolute Gasteiger partial charge is 0.305 e. The third-order valence-corrected chi connectivity index (χ3v) is 7.08. The van der Waals surface area contributed by atoms with Crippen LogP contribution < -0.4 is 9.47 Å². The van der Waals surface area contributed by atoms with Crippen LogP contribution in [0.2, 0.25) is 0 Å². The molecule has 0 N–H and O–H groups in total. The third kappa shape index (κ3) is 8.38. The second-order valence-corrected chi connectivity index (χ2v) is 10.3. The zero-order valence-electron chi connectivity index (χ0n) is 24.8. The molecule has 5 aromatic rings. The lowest BCUT2D eigenvalue weighted by Gasteiger charge is -2.12. The Morgan fingerprint density at radius 1 is 0.844 bits per heavy atom. The molecular formula is C35H32FN3O6. The fraction of sp³-hybridized carbons (Fsp3) is 0.229. The normalized spacial score (nSPS) is 10.9. The number of benzene rings is 4. The quantitative estimate of drug-likeness (QED) is 0.0537. The number of hydrogen-bond donors (Lipinski definition) is 0. The first-order valence-corrected chi connectivity index (χ1v) is 14.7. The number of nitro benzene ring substituents is 1. The van der Waals surface area contributed by atoms with E-state index < -0.39 is 4.92 Å². The first kappa shape index (κ1) is 31.1. The Morgan fingerprint density at radius 2 is 1.60 bits per heavy atom. The van der Waals surface area contributed by atoms with Gasteiger partial charge in [-0.3, -0.25) is 14.9 Å². The van der Waals surface area contributed by atoms with Crippen molar-refractivity contribution >= 4 is 22.4 Å². The lowest BCUT2D eigenvalue weighted by Crippen LogP contribution is -2.04. The topological polar surface area (TPSA) is 114 Å². The third-order valence-electron chi connectivity index (χ3n) is 7.08. The standard InChI is InChI=1S/C35H32FN3O6/c1-2-43-34(40)10-4-3-7-19-44-30-18-15-25-20-27(12-11-26(25)21-30)35-37-32(24-13-16-29(17-14-24)39(41)42)22-33(38-35)45-23-28-8-5-6-9-31(28)36/h5-6,8-9,11-18,20-22H,2-4,7,10,19,23H2,1H3. The van der Waals surface area contributed by atoms with E-state index in [2.05, 4.69) is 4.98 Å². The monoisotopic (exact) mass is 609 g/mol. The molecule has 0 spiro atoms. The minimum absolute atomic E-state index is 0.0315. The van der Waals surface area contributed by atoms with E-state index in [1.807, 2.05) is 36.4 Å². The molecule has 0 unspecified atom stereocenters. The van der Waals surface area contributed by atoms with E-state index in [1.54, 1.807) is 43.3 Å². The molecular weight excluding hydrogens is 577 g/mol. The Kier molecular flexibility index (Phi) is 10.3. The Morgan fingerprint density at radius 3 is 2.38 bits per heavy atom. The number of hydrogen-bond acceptors (Lipinski definition) is 8. The van der Waals surface area contributed by atoms with Gasteiger partial charge < -0.3 is 14.2 Å². The summed E-state index contributed by atoms with van der Waals surface area (Å²) in [7, 11) is 0. The highest BCUT2D eigenvalue weighted by molar-refractivity contribution is 5.87. The number of carbonyl (C=O) groups excluding carboxylic acids is 1. The van der Waals surface area contributed by atoms with Gasteiger partial charge in [0.2, 0.25) is 5.88 Å². The number of esters is 1. The number of unbranched alkanes of at least 4 members (excludes halogenated alkanes) is 2. The Hall–Kier alpha value is -5.38. The largest absolute Gasteiger partial charge is 0.494 e. The molecule has 5 rings (SSSR count). The number of ether oxygens (including phenoxy) is 3. The molecule has 0 amide bonds. The van der Waals surface area contributed by atoms with Gasteiger partial charge in [0.25, 0.3) is 5.69 Å². The molecule has 1 heterocycles. The predicted molar refractivity (Wildman–Crippen MR) is 168 cm³/mol. The minimum Gasteiger partial charge on any atom is -0.494 e. The van der Waals surface area contributed by atoms with Gasteiger partial charge in [-0.1, -0.05) is 36.4 Å². The molecule has 0 saturated heterocycles. The summed E-state index contributed by atoms with van der Waals surface area (Å²) in [6.45, 7) is 2.72. The number of nitrogens with zero attached hydrogens (tertiary/aromatic N) is 3. The molecule has 0 aliphatic heterocycles. The maximum absolute atomic E-state index is 14.2. The molecule has 0 saturated carbocycles. The highest BCUT2D eigenvalue weighted by atomic mass is 19.1. The molecule has 230 valence electrons. The molecule has 9 nitrogen and oxygen atoms in total. The highest BCUT2D eigenvalue weighted by Crippen LogP contribution is 2.30. The Balaban J connectivity index is 1.34. The van der Waals surface area contributed by atoms with Crippen LogP contribution >= 0.6 is 0 Å². The van der Waals surface area contributed by atoms with Crippen molar-refractivity contribution in [2.75, 3.05) is 13.2 Å². The van der Waals surface area contributed by atoms with Crippen LogP contribution in [0.3, 0.4) is 0 Å². The first-order chi connectivity index (χ1) is 21.9. The van der Waals surface area contributed by atoms with E-state index in [9.17, 15) is 19.3 Å². The van der Waals surface area contributed by atoms with Gasteiger partial charge in [-0.05, 0) is 73.4 Å². The van der Waals surface area contributed by atoms with E-state index in [1.165, 1.54) is 18.2 Å². The average molecular weight is 610 g/mol. The maximum Gasteiger partial charge on any atom is 0.305 e. The zero-order chi connectivity index (χ0) is 31.6. The van der Waals surface area contributed by atoms with E-state index in [0.29, 0.717) is 42.3 Å². The van der Waals surface area contributed by atoms with Gasteiger partial charge >= 0.3 is 5.97 Å². The van der Waals surface area contributed by atoms with Gasteiger partial charge in [0.05, 0.1) is 23.8 Å². The van der Waals surface area contributed by atoms with E-state index in [-0.39, 0.29) is 30.0 Å². The lowest BCUT2D eigenvalue weighted by molar-refractivity contribution is -0.384.